The van der Waals surface area contributed by atoms with Crippen molar-refractivity contribution in [3.05, 3.63) is 0 Å². The zero-order chi connectivity index (χ0) is 17.5. The van der Waals surface area contributed by atoms with Crippen molar-refractivity contribution in [2.45, 2.75) is 69.9 Å². The predicted octanol–water partition coefficient (Wildman–Crippen LogP) is 1.44. The molecule has 0 bridgehead atoms. The Hall–Kier alpha value is -1.14. The summed E-state index contributed by atoms with van der Waals surface area (Å²) < 4.78 is 5.83. The van der Waals surface area contributed by atoms with E-state index >= 15 is 0 Å². The Balaban J connectivity index is 1.36. The van der Waals surface area contributed by atoms with Crippen LogP contribution in [0.1, 0.15) is 57.8 Å². The van der Waals surface area contributed by atoms with E-state index in [1.807, 2.05) is 4.90 Å². The molecule has 2 aliphatic heterocycles. The van der Waals surface area contributed by atoms with Gasteiger partial charge in [-0.15, -0.1) is 0 Å². The number of hydrogen-bond donors (Lipinski definition) is 2. The fraction of sp³-hybridized carbons (Fsp3) is 0.895. The van der Waals surface area contributed by atoms with Crippen LogP contribution < -0.4 is 10.6 Å². The molecule has 2 unspecified atom stereocenters. The third-order valence-corrected chi connectivity index (χ3v) is 5.81. The SMILES string of the molecule is O=C(NCC1CCCN(C(=O)COC2CCCCC2)C1)C1CCCN1. The molecule has 0 spiro atoms. The molecule has 25 heavy (non-hydrogen) atoms. The summed E-state index contributed by atoms with van der Waals surface area (Å²) in [7, 11) is 0. The topological polar surface area (TPSA) is 70.7 Å². The summed E-state index contributed by atoms with van der Waals surface area (Å²) in [5.74, 6) is 0.582. The van der Waals surface area contributed by atoms with E-state index in [9.17, 15) is 9.59 Å². The second-order valence-corrected chi connectivity index (χ2v) is 7.81. The van der Waals surface area contributed by atoms with E-state index in [1.54, 1.807) is 0 Å². The maximum Gasteiger partial charge on any atom is 0.248 e. The zero-order valence-corrected chi connectivity index (χ0v) is 15.3. The Kier molecular flexibility index (Phi) is 7.11. The maximum absolute atomic E-state index is 12.4. The van der Waals surface area contributed by atoms with Crippen LogP contribution in [-0.2, 0) is 14.3 Å². The molecule has 6 heteroatoms. The van der Waals surface area contributed by atoms with E-state index in [0.717, 1.165) is 58.2 Å². The van der Waals surface area contributed by atoms with Crippen LogP contribution in [-0.4, -0.2) is 61.6 Å². The molecule has 1 saturated carbocycles. The van der Waals surface area contributed by atoms with Gasteiger partial charge in [-0.2, -0.15) is 0 Å². The number of ether oxygens (including phenoxy) is 1. The van der Waals surface area contributed by atoms with Crippen molar-refractivity contribution in [1.29, 1.82) is 0 Å². The minimum Gasteiger partial charge on any atom is -0.368 e. The molecule has 0 radical (unpaired) electrons. The van der Waals surface area contributed by atoms with Gasteiger partial charge in [0.25, 0.3) is 0 Å². The van der Waals surface area contributed by atoms with E-state index in [0.29, 0.717) is 12.5 Å². The summed E-state index contributed by atoms with van der Waals surface area (Å²) in [6, 6.07) is -0.0229. The highest BCUT2D eigenvalue weighted by Gasteiger charge is 2.27. The predicted molar refractivity (Wildman–Crippen MR) is 96.2 cm³/mol. The molecule has 0 aromatic carbocycles. The Morgan fingerprint density at radius 1 is 1.04 bits per heavy atom. The molecule has 1 aliphatic carbocycles. The molecule has 0 aromatic heterocycles. The Morgan fingerprint density at radius 3 is 2.64 bits per heavy atom. The molecule has 6 nitrogen and oxygen atoms in total. The lowest BCUT2D eigenvalue weighted by Crippen LogP contribution is -2.47. The van der Waals surface area contributed by atoms with Crippen molar-refractivity contribution in [3.8, 4) is 0 Å². The largest absolute Gasteiger partial charge is 0.368 e. The number of amides is 2. The molecule has 2 heterocycles. The highest BCUT2D eigenvalue weighted by molar-refractivity contribution is 5.82. The highest BCUT2D eigenvalue weighted by Crippen LogP contribution is 2.21. The van der Waals surface area contributed by atoms with E-state index in [2.05, 4.69) is 10.6 Å². The molecule has 3 aliphatic rings. The Labute approximate surface area is 151 Å². The highest BCUT2D eigenvalue weighted by atomic mass is 16.5. The molecular weight excluding hydrogens is 318 g/mol. The first-order valence-corrected chi connectivity index (χ1v) is 10.1. The van der Waals surface area contributed by atoms with E-state index in [1.165, 1.54) is 19.3 Å². The normalized spacial score (nSPS) is 28.1. The number of nitrogens with zero attached hydrogens (tertiary/aromatic N) is 1. The number of piperidine rings is 1. The lowest BCUT2D eigenvalue weighted by molar-refractivity contribution is -0.140. The number of carbonyl (C=O) groups is 2. The smallest absolute Gasteiger partial charge is 0.248 e. The summed E-state index contributed by atoms with van der Waals surface area (Å²) in [5.41, 5.74) is 0. The van der Waals surface area contributed by atoms with Crippen LogP contribution in [0.4, 0.5) is 0 Å². The van der Waals surface area contributed by atoms with E-state index in [-0.39, 0.29) is 30.6 Å². The van der Waals surface area contributed by atoms with Crippen LogP contribution in [0.15, 0.2) is 0 Å². The second-order valence-electron chi connectivity index (χ2n) is 7.81. The van der Waals surface area contributed by atoms with Crippen molar-refractivity contribution in [2.75, 3.05) is 32.8 Å². The number of rotatable bonds is 6. The van der Waals surface area contributed by atoms with Gasteiger partial charge in [-0.3, -0.25) is 9.59 Å². The average molecular weight is 351 g/mol. The van der Waals surface area contributed by atoms with Gasteiger partial charge in [0.05, 0.1) is 12.1 Å². The van der Waals surface area contributed by atoms with Gasteiger partial charge >= 0.3 is 0 Å². The van der Waals surface area contributed by atoms with Crippen LogP contribution in [0.3, 0.4) is 0 Å². The Bertz CT molecular complexity index is 445. The molecule has 142 valence electrons. The lowest BCUT2D eigenvalue weighted by Gasteiger charge is -2.33. The van der Waals surface area contributed by atoms with Crippen molar-refractivity contribution < 1.29 is 14.3 Å². The van der Waals surface area contributed by atoms with Crippen molar-refractivity contribution >= 4 is 11.8 Å². The van der Waals surface area contributed by atoms with Gasteiger partial charge < -0.3 is 20.3 Å². The first kappa shape index (κ1) is 18.6. The molecule has 3 fully saturated rings. The molecule has 2 saturated heterocycles. The second kappa shape index (κ2) is 9.53. The number of likely N-dealkylation sites (tertiary alicyclic amines) is 1. The van der Waals surface area contributed by atoms with Gasteiger partial charge in [-0.1, -0.05) is 19.3 Å². The first-order valence-electron chi connectivity index (χ1n) is 10.1. The fourth-order valence-corrected chi connectivity index (χ4v) is 4.25. The summed E-state index contributed by atoms with van der Waals surface area (Å²) in [5, 5.41) is 6.29. The minimum atomic E-state index is -0.0229. The van der Waals surface area contributed by atoms with Crippen LogP contribution in [0.2, 0.25) is 0 Å². The monoisotopic (exact) mass is 351 g/mol. The quantitative estimate of drug-likeness (QED) is 0.760. The molecule has 2 N–H and O–H groups in total. The van der Waals surface area contributed by atoms with Crippen LogP contribution in [0, 0.1) is 5.92 Å². The standard InChI is InChI=1S/C19H33N3O3/c23-18(14-25-16-7-2-1-3-8-16)22-11-5-6-15(13-22)12-21-19(24)17-9-4-10-20-17/h15-17,20H,1-14H2,(H,21,24). The lowest BCUT2D eigenvalue weighted by atomic mass is 9.97. The summed E-state index contributed by atoms with van der Waals surface area (Å²) in [6.45, 7) is 3.39. The molecule has 2 atom stereocenters. The van der Waals surface area contributed by atoms with Gasteiger partial charge in [-0.05, 0) is 51.0 Å². The third kappa shape index (κ3) is 5.68. The van der Waals surface area contributed by atoms with Gasteiger partial charge in [0.15, 0.2) is 0 Å². The summed E-state index contributed by atoms with van der Waals surface area (Å²) in [6.07, 6.45) is 10.3. The fourth-order valence-electron chi connectivity index (χ4n) is 4.25. The molecular formula is C19H33N3O3. The van der Waals surface area contributed by atoms with Crippen LogP contribution in [0.5, 0.6) is 0 Å². The van der Waals surface area contributed by atoms with Gasteiger partial charge in [0, 0.05) is 19.6 Å². The minimum absolute atomic E-state index is 0.0229. The zero-order valence-electron chi connectivity index (χ0n) is 15.3. The maximum atomic E-state index is 12.4. The van der Waals surface area contributed by atoms with Crippen molar-refractivity contribution in [3.63, 3.8) is 0 Å². The van der Waals surface area contributed by atoms with Crippen LogP contribution in [0.25, 0.3) is 0 Å². The molecule has 3 rings (SSSR count). The van der Waals surface area contributed by atoms with Gasteiger partial charge in [0.2, 0.25) is 11.8 Å². The van der Waals surface area contributed by atoms with Crippen LogP contribution >= 0.6 is 0 Å². The molecule has 2 amide bonds. The first-order chi connectivity index (χ1) is 12.2. The number of nitrogens with one attached hydrogen (secondary N) is 2. The average Bonchev–Trinajstić information content (AvgIpc) is 3.20. The van der Waals surface area contributed by atoms with Gasteiger partial charge in [0.1, 0.15) is 6.61 Å². The van der Waals surface area contributed by atoms with Gasteiger partial charge in [-0.25, -0.2) is 0 Å². The molecule has 0 aromatic rings. The number of hydrogen-bond acceptors (Lipinski definition) is 4. The summed E-state index contributed by atoms with van der Waals surface area (Å²) in [4.78, 5) is 26.5. The van der Waals surface area contributed by atoms with Crippen molar-refractivity contribution in [1.82, 2.24) is 15.5 Å². The summed E-state index contributed by atoms with van der Waals surface area (Å²) >= 11 is 0. The van der Waals surface area contributed by atoms with Crippen molar-refractivity contribution in [2.24, 2.45) is 5.92 Å². The number of carbonyl (C=O) groups excluding carboxylic acids is 2. The third-order valence-electron chi connectivity index (χ3n) is 5.81. The Morgan fingerprint density at radius 2 is 1.88 bits per heavy atom. The van der Waals surface area contributed by atoms with E-state index in [4.69, 9.17) is 4.74 Å². The van der Waals surface area contributed by atoms with E-state index < -0.39 is 0 Å².